The van der Waals surface area contributed by atoms with Crippen LogP contribution in [0.4, 0.5) is 11.4 Å². The Kier molecular flexibility index (Phi) is 4.49. The van der Waals surface area contributed by atoms with Gasteiger partial charge in [0.2, 0.25) is 18.6 Å². The van der Waals surface area contributed by atoms with Crippen molar-refractivity contribution >= 4 is 40.1 Å². The number of nitrogens with zero attached hydrogens (tertiary/aromatic N) is 1. The number of rotatable bonds is 3. The zero-order chi connectivity index (χ0) is 17.9. The molecule has 2 aliphatic rings. The van der Waals surface area contributed by atoms with E-state index in [4.69, 9.17) is 9.47 Å². The molecule has 1 saturated heterocycles. The second-order valence-electron chi connectivity index (χ2n) is 5.67. The molecule has 4 rings (SSSR count). The fraction of sp³-hybridized carbons (Fsp3) is 0.167. The van der Waals surface area contributed by atoms with Gasteiger partial charge in [-0.1, -0.05) is 30.0 Å². The molecule has 8 heteroatoms. The van der Waals surface area contributed by atoms with Gasteiger partial charge in [-0.2, -0.15) is 0 Å². The summed E-state index contributed by atoms with van der Waals surface area (Å²) in [6, 6.07) is 14.4. The molecule has 1 atom stereocenters. The number of aliphatic imine (C=N–C) groups is 1. The second-order valence-corrected chi connectivity index (χ2v) is 6.86. The van der Waals surface area contributed by atoms with E-state index >= 15 is 0 Å². The Bertz CT molecular complexity index is 885. The topological polar surface area (TPSA) is 89.0 Å². The molecule has 2 heterocycles. The van der Waals surface area contributed by atoms with Crippen molar-refractivity contribution < 1.29 is 19.1 Å². The Hall–Kier alpha value is -3.00. The number of fused-ring (bicyclic) bond motifs is 1. The Balaban J connectivity index is 1.47. The van der Waals surface area contributed by atoms with E-state index < -0.39 is 5.25 Å². The van der Waals surface area contributed by atoms with Gasteiger partial charge in [-0.3, -0.25) is 9.59 Å². The lowest BCUT2D eigenvalue weighted by Crippen LogP contribution is -2.41. The zero-order valence-electron chi connectivity index (χ0n) is 13.6. The molecule has 2 aromatic rings. The first-order valence-electron chi connectivity index (χ1n) is 7.98. The van der Waals surface area contributed by atoms with Gasteiger partial charge >= 0.3 is 0 Å². The van der Waals surface area contributed by atoms with Gasteiger partial charge in [0.05, 0.1) is 5.69 Å². The van der Waals surface area contributed by atoms with Gasteiger partial charge in [0.15, 0.2) is 16.7 Å². The molecule has 132 valence electrons. The van der Waals surface area contributed by atoms with Gasteiger partial charge in [-0.15, -0.1) is 0 Å². The third kappa shape index (κ3) is 3.65. The van der Waals surface area contributed by atoms with E-state index in [1.165, 1.54) is 11.8 Å². The van der Waals surface area contributed by atoms with Crippen LogP contribution < -0.4 is 20.1 Å². The summed E-state index contributed by atoms with van der Waals surface area (Å²) in [6.07, 6.45) is 0.0921. The fourth-order valence-corrected chi connectivity index (χ4v) is 3.56. The first kappa shape index (κ1) is 16.5. The van der Waals surface area contributed by atoms with Crippen molar-refractivity contribution in [2.24, 2.45) is 4.99 Å². The lowest BCUT2D eigenvalue weighted by atomic mass is 10.2. The predicted molar refractivity (Wildman–Crippen MR) is 98.9 cm³/mol. The first-order valence-corrected chi connectivity index (χ1v) is 8.86. The van der Waals surface area contributed by atoms with E-state index in [0.717, 1.165) is 0 Å². The number of thioether (sulfide) groups is 1. The molecule has 0 spiro atoms. The summed E-state index contributed by atoms with van der Waals surface area (Å²) in [5.74, 6) is 0.739. The second kappa shape index (κ2) is 7.09. The highest BCUT2D eigenvalue weighted by Crippen LogP contribution is 2.34. The molecule has 0 radical (unpaired) electrons. The van der Waals surface area contributed by atoms with Crippen molar-refractivity contribution in [3.05, 3.63) is 48.5 Å². The van der Waals surface area contributed by atoms with Crippen molar-refractivity contribution in [1.29, 1.82) is 0 Å². The molecule has 0 aromatic heterocycles. The van der Waals surface area contributed by atoms with Gasteiger partial charge in [0, 0.05) is 18.2 Å². The van der Waals surface area contributed by atoms with Crippen LogP contribution >= 0.6 is 11.8 Å². The average molecular weight is 369 g/mol. The van der Waals surface area contributed by atoms with E-state index in [1.807, 2.05) is 30.3 Å². The van der Waals surface area contributed by atoms with Crippen molar-refractivity contribution in [2.45, 2.75) is 11.7 Å². The number of anilines is 1. The van der Waals surface area contributed by atoms with Crippen LogP contribution in [0.25, 0.3) is 0 Å². The number of amidine groups is 1. The summed E-state index contributed by atoms with van der Waals surface area (Å²) >= 11 is 1.23. The van der Waals surface area contributed by atoms with Crippen molar-refractivity contribution in [3.63, 3.8) is 0 Å². The van der Waals surface area contributed by atoms with Crippen LogP contribution in [0.3, 0.4) is 0 Å². The highest BCUT2D eigenvalue weighted by molar-refractivity contribution is 8.15. The lowest BCUT2D eigenvalue weighted by molar-refractivity contribution is -0.123. The standard InChI is InChI=1S/C18H15N3O4S/c22-16-9-15(26-18(21-16)20-11-4-2-1-3-5-11)17(23)19-12-6-7-13-14(8-12)25-10-24-13/h1-8,15H,9-10H2,(H,19,23)(H,20,21,22)/t15-/m0/s1. The number of carbonyl (C=O) groups is 2. The first-order chi connectivity index (χ1) is 12.7. The molecule has 2 aliphatic heterocycles. The van der Waals surface area contributed by atoms with Crippen LogP contribution in [-0.2, 0) is 9.59 Å². The quantitative estimate of drug-likeness (QED) is 0.868. The maximum absolute atomic E-state index is 12.6. The zero-order valence-corrected chi connectivity index (χ0v) is 14.4. The average Bonchev–Trinajstić information content (AvgIpc) is 3.10. The minimum absolute atomic E-state index is 0.0921. The third-order valence-electron chi connectivity index (χ3n) is 3.79. The van der Waals surface area contributed by atoms with Crippen molar-refractivity contribution in [1.82, 2.24) is 5.32 Å². The maximum atomic E-state index is 12.6. The number of benzene rings is 2. The molecule has 0 unspecified atom stereocenters. The summed E-state index contributed by atoms with van der Waals surface area (Å²) in [5, 5.41) is 5.38. The lowest BCUT2D eigenvalue weighted by Gasteiger charge is -2.22. The van der Waals surface area contributed by atoms with Gasteiger partial charge < -0.3 is 20.1 Å². The number of para-hydroxylation sites is 1. The van der Waals surface area contributed by atoms with Gasteiger partial charge in [0.25, 0.3) is 0 Å². The number of hydrogen-bond acceptors (Lipinski definition) is 6. The van der Waals surface area contributed by atoms with Crippen LogP contribution in [0.1, 0.15) is 6.42 Å². The minimum Gasteiger partial charge on any atom is -0.454 e. The largest absolute Gasteiger partial charge is 0.454 e. The highest BCUT2D eigenvalue weighted by atomic mass is 32.2. The summed E-state index contributed by atoms with van der Waals surface area (Å²) in [7, 11) is 0. The molecule has 1 fully saturated rings. The monoisotopic (exact) mass is 369 g/mol. The van der Waals surface area contributed by atoms with Gasteiger partial charge in [-0.25, -0.2) is 4.99 Å². The molecule has 0 saturated carbocycles. The molecule has 26 heavy (non-hydrogen) atoms. The van der Waals surface area contributed by atoms with Crippen LogP contribution in [0.5, 0.6) is 11.5 Å². The Morgan fingerprint density at radius 1 is 1.15 bits per heavy atom. The van der Waals surface area contributed by atoms with Crippen LogP contribution in [0, 0.1) is 0 Å². The number of nitrogens with one attached hydrogen (secondary N) is 2. The van der Waals surface area contributed by atoms with E-state index in [-0.39, 0.29) is 25.0 Å². The molecular formula is C18H15N3O4S. The summed E-state index contributed by atoms with van der Waals surface area (Å²) in [4.78, 5) is 28.9. The van der Waals surface area contributed by atoms with Crippen LogP contribution in [0.15, 0.2) is 53.5 Å². The number of hydrogen-bond donors (Lipinski definition) is 2. The Morgan fingerprint density at radius 3 is 2.81 bits per heavy atom. The fourth-order valence-electron chi connectivity index (χ4n) is 2.56. The number of ether oxygens (including phenoxy) is 2. The van der Waals surface area contributed by atoms with Gasteiger partial charge in [0.1, 0.15) is 5.25 Å². The van der Waals surface area contributed by atoms with E-state index in [9.17, 15) is 9.59 Å². The van der Waals surface area contributed by atoms with E-state index in [1.54, 1.807) is 18.2 Å². The van der Waals surface area contributed by atoms with Crippen molar-refractivity contribution in [3.8, 4) is 11.5 Å². The van der Waals surface area contributed by atoms with Crippen LogP contribution in [0.2, 0.25) is 0 Å². The third-order valence-corrected chi connectivity index (χ3v) is 4.87. The molecule has 2 amide bonds. The molecule has 2 aromatic carbocycles. The van der Waals surface area contributed by atoms with Crippen molar-refractivity contribution in [2.75, 3.05) is 12.1 Å². The molecule has 7 nitrogen and oxygen atoms in total. The highest BCUT2D eigenvalue weighted by Gasteiger charge is 2.30. The number of carbonyl (C=O) groups excluding carboxylic acids is 2. The molecule has 0 aliphatic carbocycles. The predicted octanol–water partition coefficient (Wildman–Crippen LogP) is 2.66. The molecule has 0 bridgehead atoms. The van der Waals surface area contributed by atoms with Gasteiger partial charge in [-0.05, 0) is 24.3 Å². The maximum Gasteiger partial charge on any atom is 0.238 e. The number of amides is 2. The normalized spacial score (nSPS) is 19.9. The van der Waals surface area contributed by atoms with Crippen LogP contribution in [-0.4, -0.2) is 29.0 Å². The minimum atomic E-state index is -0.559. The summed E-state index contributed by atoms with van der Waals surface area (Å²) in [6.45, 7) is 0.171. The summed E-state index contributed by atoms with van der Waals surface area (Å²) in [5.41, 5.74) is 1.31. The Labute approximate surface area is 153 Å². The molecule has 2 N–H and O–H groups in total. The Morgan fingerprint density at radius 2 is 1.96 bits per heavy atom. The summed E-state index contributed by atoms with van der Waals surface area (Å²) < 4.78 is 10.6. The smallest absolute Gasteiger partial charge is 0.238 e. The SMILES string of the molecule is O=C1C[C@@H](C(=O)Nc2ccc3c(c2)OCO3)SC(=Nc2ccccc2)N1. The molecular weight excluding hydrogens is 354 g/mol. The van der Waals surface area contributed by atoms with E-state index in [0.29, 0.717) is 28.0 Å². The van der Waals surface area contributed by atoms with E-state index in [2.05, 4.69) is 15.6 Å².